The first-order valence-electron chi connectivity index (χ1n) is 9.24. The highest BCUT2D eigenvalue weighted by Gasteiger charge is 2.19. The Balaban J connectivity index is 1.48. The third-order valence-electron chi connectivity index (χ3n) is 4.86. The summed E-state index contributed by atoms with van der Waals surface area (Å²) in [5.74, 6) is 0.860. The quantitative estimate of drug-likeness (QED) is 0.811. The Morgan fingerprint density at radius 1 is 0.926 bits per heavy atom. The van der Waals surface area contributed by atoms with E-state index in [1.54, 1.807) is 32.4 Å². The van der Waals surface area contributed by atoms with E-state index in [4.69, 9.17) is 9.47 Å². The molecule has 1 N–H and O–H groups in total. The standard InChI is InChI=1S/C21H27N3O3/c1-26-18-9-6-10-19(27-2)20(18)21(25)22-11-12-23-13-15-24(16-14-23)17-7-4-3-5-8-17/h3-10H,11-16H2,1-2H3,(H,22,25). The highest BCUT2D eigenvalue weighted by Crippen LogP contribution is 2.27. The first-order chi connectivity index (χ1) is 13.2. The van der Waals surface area contributed by atoms with E-state index in [9.17, 15) is 4.79 Å². The van der Waals surface area contributed by atoms with Crippen molar-refractivity contribution in [2.45, 2.75) is 0 Å². The van der Waals surface area contributed by atoms with Gasteiger partial charge >= 0.3 is 0 Å². The minimum atomic E-state index is -0.174. The summed E-state index contributed by atoms with van der Waals surface area (Å²) in [6, 6.07) is 15.8. The molecule has 0 aliphatic carbocycles. The van der Waals surface area contributed by atoms with E-state index in [0.29, 0.717) is 23.6 Å². The average molecular weight is 369 g/mol. The van der Waals surface area contributed by atoms with Crippen LogP contribution in [-0.2, 0) is 0 Å². The molecule has 3 rings (SSSR count). The lowest BCUT2D eigenvalue weighted by molar-refractivity contribution is 0.0941. The third kappa shape index (κ3) is 4.71. The topological polar surface area (TPSA) is 54.0 Å². The van der Waals surface area contributed by atoms with Gasteiger partial charge in [-0.15, -0.1) is 0 Å². The SMILES string of the molecule is COc1cccc(OC)c1C(=O)NCCN1CCN(c2ccccc2)CC1. The zero-order chi connectivity index (χ0) is 19.1. The maximum atomic E-state index is 12.6. The number of ether oxygens (including phenoxy) is 2. The minimum Gasteiger partial charge on any atom is -0.496 e. The maximum absolute atomic E-state index is 12.6. The lowest BCUT2D eigenvalue weighted by Crippen LogP contribution is -2.48. The molecule has 0 radical (unpaired) electrons. The predicted molar refractivity (Wildman–Crippen MR) is 107 cm³/mol. The molecule has 1 heterocycles. The van der Waals surface area contributed by atoms with E-state index >= 15 is 0 Å². The summed E-state index contributed by atoms with van der Waals surface area (Å²) in [4.78, 5) is 17.4. The Labute approximate surface area is 160 Å². The van der Waals surface area contributed by atoms with Crippen molar-refractivity contribution in [3.63, 3.8) is 0 Å². The summed E-state index contributed by atoms with van der Waals surface area (Å²) >= 11 is 0. The van der Waals surface area contributed by atoms with E-state index in [0.717, 1.165) is 32.7 Å². The van der Waals surface area contributed by atoms with Crippen LogP contribution in [0.1, 0.15) is 10.4 Å². The Morgan fingerprint density at radius 3 is 2.15 bits per heavy atom. The molecule has 0 saturated carbocycles. The smallest absolute Gasteiger partial charge is 0.258 e. The molecule has 1 aliphatic rings. The van der Waals surface area contributed by atoms with Crippen LogP contribution in [0.3, 0.4) is 0 Å². The largest absolute Gasteiger partial charge is 0.496 e. The van der Waals surface area contributed by atoms with Crippen molar-refractivity contribution in [2.24, 2.45) is 0 Å². The van der Waals surface area contributed by atoms with Gasteiger partial charge in [-0.1, -0.05) is 24.3 Å². The molecule has 0 unspecified atom stereocenters. The summed E-state index contributed by atoms with van der Waals surface area (Å²) in [7, 11) is 3.11. The van der Waals surface area contributed by atoms with Crippen molar-refractivity contribution in [3.8, 4) is 11.5 Å². The van der Waals surface area contributed by atoms with Gasteiger partial charge in [-0.3, -0.25) is 9.69 Å². The number of carbonyl (C=O) groups excluding carboxylic acids is 1. The number of carbonyl (C=O) groups is 1. The number of benzene rings is 2. The Hall–Kier alpha value is -2.73. The molecule has 2 aromatic carbocycles. The fourth-order valence-corrected chi connectivity index (χ4v) is 3.36. The number of methoxy groups -OCH3 is 2. The fraction of sp³-hybridized carbons (Fsp3) is 0.381. The highest BCUT2D eigenvalue weighted by molar-refractivity contribution is 5.99. The monoisotopic (exact) mass is 369 g/mol. The molecule has 0 aromatic heterocycles. The first-order valence-corrected chi connectivity index (χ1v) is 9.24. The van der Waals surface area contributed by atoms with E-state index in [1.165, 1.54) is 5.69 Å². The Kier molecular flexibility index (Phi) is 6.54. The maximum Gasteiger partial charge on any atom is 0.258 e. The summed E-state index contributed by atoms with van der Waals surface area (Å²) in [6.45, 7) is 5.39. The molecule has 144 valence electrons. The Morgan fingerprint density at radius 2 is 1.56 bits per heavy atom. The number of nitrogens with zero attached hydrogens (tertiary/aromatic N) is 2. The van der Waals surface area contributed by atoms with Crippen LogP contribution in [0.4, 0.5) is 5.69 Å². The van der Waals surface area contributed by atoms with E-state index in [2.05, 4.69) is 39.4 Å². The number of rotatable bonds is 7. The van der Waals surface area contributed by atoms with Gasteiger partial charge in [0.1, 0.15) is 17.1 Å². The predicted octanol–water partition coefficient (Wildman–Crippen LogP) is 2.26. The molecule has 27 heavy (non-hydrogen) atoms. The lowest BCUT2D eigenvalue weighted by atomic mass is 10.1. The van der Waals surface area contributed by atoms with E-state index < -0.39 is 0 Å². The Bertz CT molecular complexity index is 721. The molecule has 1 saturated heterocycles. The van der Waals surface area contributed by atoms with Gasteiger partial charge in [-0.05, 0) is 24.3 Å². The lowest BCUT2D eigenvalue weighted by Gasteiger charge is -2.36. The number of amides is 1. The number of hydrogen-bond acceptors (Lipinski definition) is 5. The van der Waals surface area contributed by atoms with Crippen molar-refractivity contribution < 1.29 is 14.3 Å². The molecule has 0 bridgehead atoms. The van der Waals surface area contributed by atoms with Crippen LogP contribution < -0.4 is 19.7 Å². The molecule has 6 heteroatoms. The summed E-state index contributed by atoms with van der Waals surface area (Å²) in [5, 5.41) is 2.98. The van der Waals surface area contributed by atoms with Gasteiger partial charge in [-0.2, -0.15) is 0 Å². The molecular formula is C21H27N3O3. The molecular weight excluding hydrogens is 342 g/mol. The number of hydrogen-bond donors (Lipinski definition) is 1. The van der Waals surface area contributed by atoms with Crippen molar-refractivity contribution in [1.82, 2.24) is 10.2 Å². The number of para-hydroxylation sites is 1. The molecule has 0 spiro atoms. The normalized spacial score (nSPS) is 14.7. The summed E-state index contributed by atoms with van der Waals surface area (Å²) in [5.41, 5.74) is 1.71. The van der Waals surface area contributed by atoms with Gasteiger partial charge in [0, 0.05) is 45.0 Å². The highest BCUT2D eigenvalue weighted by atomic mass is 16.5. The van der Waals surface area contributed by atoms with E-state index in [-0.39, 0.29) is 5.91 Å². The fourth-order valence-electron chi connectivity index (χ4n) is 3.36. The second-order valence-electron chi connectivity index (χ2n) is 6.46. The number of anilines is 1. The first kappa shape index (κ1) is 19.0. The van der Waals surface area contributed by atoms with Crippen molar-refractivity contribution >= 4 is 11.6 Å². The van der Waals surface area contributed by atoms with Crippen LogP contribution in [0.15, 0.2) is 48.5 Å². The van der Waals surface area contributed by atoms with E-state index in [1.807, 2.05) is 6.07 Å². The van der Waals surface area contributed by atoms with Crippen LogP contribution in [0.2, 0.25) is 0 Å². The van der Waals surface area contributed by atoms with Gasteiger partial charge in [-0.25, -0.2) is 0 Å². The molecule has 2 aromatic rings. The zero-order valence-corrected chi connectivity index (χ0v) is 16.0. The average Bonchev–Trinajstić information content (AvgIpc) is 2.74. The van der Waals surface area contributed by atoms with Crippen LogP contribution in [0.5, 0.6) is 11.5 Å². The van der Waals surface area contributed by atoms with Gasteiger partial charge < -0.3 is 19.7 Å². The number of nitrogens with one attached hydrogen (secondary N) is 1. The van der Waals surface area contributed by atoms with Gasteiger partial charge in [0.15, 0.2) is 0 Å². The van der Waals surface area contributed by atoms with Crippen LogP contribution in [0, 0.1) is 0 Å². The van der Waals surface area contributed by atoms with Gasteiger partial charge in [0.25, 0.3) is 5.91 Å². The minimum absolute atomic E-state index is 0.174. The third-order valence-corrected chi connectivity index (χ3v) is 4.86. The summed E-state index contributed by atoms with van der Waals surface area (Å²) < 4.78 is 10.6. The van der Waals surface area contributed by atoms with Gasteiger partial charge in [0.2, 0.25) is 0 Å². The molecule has 1 amide bonds. The molecule has 6 nitrogen and oxygen atoms in total. The van der Waals surface area contributed by atoms with Crippen LogP contribution in [-0.4, -0.2) is 64.3 Å². The molecule has 1 fully saturated rings. The van der Waals surface area contributed by atoms with Gasteiger partial charge in [0.05, 0.1) is 14.2 Å². The van der Waals surface area contributed by atoms with Crippen LogP contribution >= 0.6 is 0 Å². The van der Waals surface area contributed by atoms with Crippen molar-refractivity contribution in [1.29, 1.82) is 0 Å². The second kappa shape index (κ2) is 9.28. The molecule has 0 atom stereocenters. The second-order valence-corrected chi connectivity index (χ2v) is 6.46. The molecule has 1 aliphatic heterocycles. The zero-order valence-electron chi connectivity index (χ0n) is 16.0. The summed E-state index contributed by atoms with van der Waals surface area (Å²) in [6.07, 6.45) is 0. The van der Waals surface area contributed by atoms with Crippen molar-refractivity contribution in [2.75, 3.05) is 58.4 Å². The van der Waals surface area contributed by atoms with Crippen LogP contribution in [0.25, 0.3) is 0 Å². The van der Waals surface area contributed by atoms with Crippen molar-refractivity contribution in [3.05, 3.63) is 54.1 Å². The number of piperazine rings is 1.